The van der Waals surface area contributed by atoms with E-state index in [1.165, 1.54) is 35.5 Å². The number of Topliss-reactive ketones (excluding diaryl/α,β-unsaturated/α-hetero) is 1. The smallest absolute Gasteiger partial charge is 0.300 e. The van der Waals surface area contributed by atoms with Gasteiger partial charge in [0.05, 0.1) is 11.6 Å². The van der Waals surface area contributed by atoms with Crippen molar-refractivity contribution in [2.45, 2.75) is 6.04 Å². The van der Waals surface area contributed by atoms with Crippen LogP contribution in [0.5, 0.6) is 0 Å². The van der Waals surface area contributed by atoms with Crippen molar-refractivity contribution in [2.75, 3.05) is 4.90 Å². The number of hydrogen-bond donors (Lipinski definition) is 1. The summed E-state index contributed by atoms with van der Waals surface area (Å²) in [5.41, 5.74) is 1.16. The molecule has 1 amide bonds. The first-order chi connectivity index (χ1) is 15.5. The number of rotatable bonds is 3. The van der Waals surface area contributed by atoms with Crippen LogP contribution >= 0.6 is 0 Å². The third-order valence-corrected chi connectivity index (χ3v) is 5.58. The minimum absolute atomic E-state index is 0.0549. The second kappa shape index (κ2) is 7.74. The highest BCUT2D eigenvalue weighted by molar-refractivity contribution is 6.51. The van der Waals surface area contributed by atoms with E-state index in [1.807, 2.05) is 30.3 Å². The lowest BCUT2D eigenvalue weighted by Crippen LogP contribution is -2.29. The van der Waals surface area contributed by atoms with Crippen LogP contribution in [0.4, 0.5) is 10.1 Å². The largest absolute Gasteiger partial charge is 0.507 e. The molecule has 1 aliphatic rings. The van der Waals surface area contributed by atoms with E-state index < -0.39 is 23.5 Å². The molecule has 0 radical (unpaired) electrons. The predicted octanol–water partition coefficient (Wildman–Crippen LogP) is 5.00. The number of aliphatic hydroxyl groups is 1. The zero-order chi connectivity index (χ0) is 22.2. The number of halogens is 1. The SMILES string of the molecule is O=C1C(=O)N(c2cccc(F)c2)C(c2ccncc2)/C1=C(/O)c1ccc2ccccc2c1. The van der Waals surface area contributed by atoms with Crippen LogP contribution in [0.15, 0.2) is 96.8 Å². The van der Waals surface area contributed by atoms with Crippen LogP contribution in [0.25, 0.3) is 16.5 Å². The fourth-order valence-electron chi connectivity index (χ4n) is 4.08. The molecule has 1 fully saturated rings. The van der Waals surface area contributed by atoms with E-state index in [-0.39, 0.29) is 17.0 Å². The highest BCUT2D eigenvalue weighted by atomic mass is 19.1. The van der Waals surface area contributed by atoms with Crippen molar-refractivity contribution in [3.05, 3.63) is 114 Å². The summed E-state index contributed by atoms with van der Waals surface area (Å²) in [6, 6.07) is 20.8. The van der Waals surface area contributed by atoms with Gasteiger partial charge in [0.25, 0.3) is 11.7 Å². The summed E-state index contributed by atoms with van der Waals surface area (Å²) in [5, 5.41) is 13.1. The standard InChI is InChI=1S/C26H17FN2O3/c27-20-6-3-7-21(15-20)29-23(17-10-12-28-13-11-17)22(25(31)26(29)32)24(30)19-9-8-16-4-1-2-5-18(16)14-19/h1-15,23,30H/b24-22-. The molecule has 32 heavy (non-hydrogen) atoms. The Morgan fingerprint density at radius 3 is 2.38 bits per heavy atom. The van der Waals surface area contributed by atoms with E-state index in [2.05, 4.69) is 4.98 Å². The number of carbonyl (C=O) groups is 2. The fraction of sp³-hybridized carbons (Fsp3) is 0.0385. The number of pyridine rings is 1. The van der Waals surface area contributed by atoms with Crippen LogP contribution in [0.2, 0.25) is 0 Å². The van der Waals surface area contributed by atoms with Gasteiger partial charge in [0.2, 0.25) is 0 Å². The lowest BCUT2D eigenvalue weighted by Gasteiger charge is -2.25. The van der Waals surface area contributed by atoms with Gasteiger partial charge in [-0.3, -0.25) is 19.5 Å². The van der Waals surface area contributed by atoms with E-state index in [4.69, 9.17) is 0 Å². The van der Waals surface area contributed by atoms with Gasteiger partial charge in [-0.25, -0.2) is 4.39 Å². The second-order valence-electron chi connectivity index (χ2n) is 7.49. The minimum Gasteiger partial charge on any atom is -0.507 e. The molecule has 156 valence electrons. The molecule has 1 aromatic heterocycles. The highest BCUT2D eigenvalue weighted by Gasteiger charge is 2.47. The van der Waals surface area contributed by atoms with E-state index in [9.17, 15) is 19.1 Å². The molecule has 5 nitrogen and oxygen atoms in total. The van der Waals surface area contributed by atoms with Crippen molar-refractivity contribution in [1.82, 2.24) is 4.98 Å². The van der Waals surface area contributed by atoms with Crippen LogP contribution < -0.4 is 4.90 Å². The maximum Gasteiger partial charge on any atom is 0.300 e. The van der Waals surface area contributed by atoms with Crippen molar-refractivity contribution in [3.63, 3.8) is 0 Å². The van der Waals surface area contributed by atoms with Crippen molar-refractivity contribution in [2.24, 2.45) is 0 Å². The Bertz CT molecular complexity index is 1400. The summed E-state index contributed by atoms with van der Waals surface area (Å²) >= 11 is 0. The average molecular weight is 424 g/mol. The van der Waals surface area contributed by atoms with Gasteiger partial charge < -0.3 is 5.11 Å². The zero-order valence-electron chi connectivity index (χ0n) is 16.8. The van der Waals surface area contributed by atoms with Gasteiger partial charge in [0.1, 0.15) is 11.6 Å². The number of aliphatic hydroxyl groups excluding tert-OH is 1. The number of ketones is 1. The van der Waals surface area contributed by atoms with Crippen molar-refractivity contribution in [3.8, 4) is 0 Å². The molecular formula is C26H17FN2O3. The third-order valence-electron chi connectivity index (χ3n) is 5.58. The molecule has 1 aliphatic heterocycles. The monoisotopic (exact) mass is 424 g/mol. The van der Waals surface area contributed by atoms with Gasteiger partial charge in [-0.2, -0.15) is 0 Å². The lowest BCUT2D eigenvalue weighted by molar-refractivity contribution is -0.132. The number of fused-ring (bicyclic) bond motifs is 1. The van der Waals surface area contributed by atoms with Crippen molar-refractivity contribution in [1.29, 1.82) is 0 Å². The fourth-order valence-corrected chi connectivity index (χ4v) is 4.08. The second-order valence-corrected chi connectivity index (χ2v) is 7.49. The van der Waals surface area contributed by atoms with Crippen molar-refractivity contribution >= 4 is 33.9 Å². The van der Waals surface area contributed by atoms with Gasteiger partial charge in [-0.1, -0.05) is 42.5 Å². The molecule has 5 rings (SSSR count). The lowest BCUT2D eigenvalue weighted by atomic mass is 9.95. The molecule has 4 aromatic rings. The van der Waals surface area contributed by atoms with Gasteiger partial charge in [0, 0.05) is 23.6 Å². The Morgan fingerprint density at radius 1 is 0.875 bits per heavy atom. The summed E-state index contributed by atoms with van der Waals surface area (Å²) in [4.78, 5) is 31.4. The molecule has 1 unspecified atom stereocenters. The topological polar surface area (TPSA) is 70.5 Å². The van der Waals surface area contributed by atoms with E-state index in [1.54, 1.807) is 30.3 Å². The normalized spacial score (nSPS) is 17.8. The Labute approximate surface area is 183 Å². The summed E-state index contributed by atoms with van der Waals surface area (Å²) < 4.78 is 13.9. The first-order valence-electron chi connectivity index (χ1n) is 10.0. The number of carbonyl (C=O) groups excluding carboxylic acids is 2. The van der Waals surface area contributed by atoms with E-state index in [0.717, 1.165) is 10.8 Å². The maximum absolute atomic E-state index is 13.9. The van der Waals surface area contributed by atoms with Crippen LogP contribution in [-0.4, -0.2) is 21.8 Å². The Hall–Kier alpha value is -4.32. The summed E-state index contributed by atoms with van der Waals surface area (Å²) in [5.74, 6) is -2.48. The number of nitrogens with zero attached hydrogens (tertiary/aromatic N) is 2. The maximum atomic E-state index is 13.9. The number of amides is 1. The zero-order valence-corrected chi connectivity index (χ0v) is 16.8. The van der Waals surface area contributed by atoms with Gasteiger partial charge in [-0.15, -0.1) is 0 Å². The first kappa shape index (κ1) is 19.6. The summed E-state index contributed by atoms with van der Waals surface area (Å²) in [6.45, 7) is 0. The van der Waals surface area contributed by atoms with Crippen LogP contribution in [-0.2, 0) is 9.59 Å². The predicted molar refractivity (Wildman–Crippen MR) is 119 cm³/mol. The Balaban J connectivity index is 1.73. The number of anilines is 1. The van der Waals surface area contributed by atoms with E-state index >= 15 is 0 Å². The first-order valence-corrected chi connectivity index (χ1v) is 10.0. The van der Waals surface area contributed by atoms with Gasteiger partial charge >= 0.3 is 0 Å². The molecule has 0 aliphatic carbocycles. The van der Waals surface area contributed by atoms with Gasteiger partial charge in [-0.05, 0) is 52.7 Å². The minimum atomic E-state index is -0.925. The summed E-state index contributed by atoms with van der Waals surface area (Å²) in [7, 11) is 0. The highest BCUT2D eigenvalue weighted by Crippen LogP contribution is 2.42. The molecule has 1 saturated heterocycles. The molecular weight excluding hydrogens is 407 g/mol. The Kier molecular flexibility index (Phi) is 4.75. The number of benzene rings is 3. The number of hydrogen-bond acceptors (Lipinski definition) is 4. The molecule has 1 N–H and O–H groups in total. The van der Waals surface area contributed by atoms with E-state index in [0.29, 0.717) is 11.1 Å². The molecule has 2 heterocycles. The van der Waals surface area contributed by atoms with Crippen molar-refractivity contribution < 1.29 is 19.1 Å². The quantitative estimate of drug-likeness (QED) is 0.285. The summed E-state index contributed by atoms with van der Waals surface area (Å²) in [6.07, 6.45) is 3.08. The van der Waals surface area contributed by atoms with Crippen LogP contribution in [0.1, 0.15) is 17.2 Å². The number of aromatic nitrogens is 1. The van der Waals surface area contributed by atoms with Gasteiger partial charge in [0.15, 0.2) is 0 Å². The molecule has 6 heteroatoms. The average Bonchev–Trinajstić information content (AvgIpc) is 3.09. The third kappa shape index (κ3) is 3.22. The van der Waals surface area contributed by atoms with Crippen LogP contribution in [0, 0.1) is 5.82 Å². The Morgan fingerprint density at radius 2 is 1.62 bits per heavy atom. The molecule has 3 aromatic carbocycles. The molecule has 0 bridgehead atoms. The molecule has 0 spiro atoms. The molecule has 1 atom stereocenters. The molecule has 0 saturated carbocycles. The van der Waals surface area contributed by atoms with Crippen LogP contribution in [0.3, 0.4) is 0 Å².